The van der Waals surface area contributed by atoms with Gasteiger partial charge in [-0.05, 0) is 38.0 Å². The van der Waals surface area contributed by atoms with Crippen LogP contribution < -0.4 is 4.74 Å². The van der Waals surface area contributed by atoms with Gasteiger partial charge in [0.05, 0.1) is 0 Å². The van der Waals surface area contributed by atoms with E-state index in [1.54, 1.807) is 19.9 Å². The Morgan fingerprint density at radius 3 is 2.55 bits per heavy atom. The maximum atomic E-state index is 12.2. The van der Waals surface area contributed by atoms with Crippen molar-refractivity contribution in [3.05, 3.63) is 29.8 Å². The van der Waals surface area contributed by atoms with Crippen LogP contribution in [0.1, 0.15) is 25.8 Å². The van der Waals surface area contributed by atoms with Crippen LogP contribution in [0.5, 0.6) is 5.75 Å². The number of aryl methyl sites for hydroxylation is 1. The number of hydrogen-bond donors (Lipinski definition) is 1. The van der Waals surface area contributed by atoms with Gasteiger partial charge in [0, 0.05) is 7.05 Å². The molecule has 5 heteroatoms. The smallest absolute Gasteiger partial charge is 0.326 e. The lowest BCUT2D eigenvalue weighted by atomic mass is 10.2. The van der Waals surface area contributed by atoms with Crippen LogP contribution in [0.25, 0.3) is 0 Å². The third-order valence-corrected chi connectivity index (χ3v) is 3.14. The lowest BCUT2D eigenvalue weighted by molar-refractivity contribution is -0.151. The Balaban J connectivity index is 2.73. The molecule has 0 aliphatic carbocycles. The molecule has 2 unspecified atom stereocenters. The van der Waals surface area contributed by atoms with Gasteiger partial charge in [0.1, 0.15) is 11.8 Å². The van der Waals surface area contributed by atoms with Crippen LogP contribution in [0.3, 0.4) is 0 Å². The van der Waals surface area contributed by atoms with Gasteiger partial charge in [0.2, 0.25) is 0 Å². The summed E-state index contributed by atoms with van der Waals surface area (Å²) in [6.07, 6.45) is -0.371. The van der Waals surface area contributed by atoms with Crippen molar-refractivity contribution in [2.75, 3.05) is 7.05 Å². The minimum absolute atomic E-state index is 0.347. The molecule has 0 saturated carbocycles. The summed E-state index contributed by atoms with van der Waals surface area (Å²) in [5.41, 5.74) is 1.03. The summed E-state index contributed by atoms with van der Waals surface area (Å²) in [7, 11) is 1.49. The maximum absolute atomic E-state index is 12.2. The molecule has 1 rings (SSSR count). The molecule has 0 aromatic heterocycles. The Hall–Kier alpha value is -2.04. The molecule has 5 nitrogen and oxygen atoms in total. The molecule has 0 bridgehead atoms. The SMILES string of the molecule is CCC(C(=O)O)N(C)C(=O)C(C)Oc1cccc(C)c1. The Kier molecular flexibility index (Phi) is 5.55. The number of benzene rings is 1. The number of aliphatic carboxylic acids is 1. The molecule has 0 aliphatic heterocycles. The summed E-state index contributed by atoms with van der Waals surface area (Å²) < 4.78 is 5.57. The zero-order valence-corrected chi connectivity index (χ0v) is 12.3. The first-order chi connectivity index (χ1) is 9.36. The van der Waals surface area contributed by atoms with E-state index in [1.807, 2.05) is 25.1 Å². The van der Waals surface area contributed by atoms with E-state index in [2.05, 4.69) is 0 Å². The van der Waals surface area contributed by atoms with E-state index in [1.165, 1.54) is 11.9 Å². The van der Waals surface area contributed by atoms with Gasteiger partial charge in [-0.3, -0.25) is 4.79 Å². The fourth-order valence-electron chi connectivity index (χ4n) is 2.00. The Bertz CT molecular complexity index is 487. The predicted octanol–water partition coefficient (Wildman–Crippen LogP) is 2.08. The maximum Gasteiger partial charge on any atom is 0.326 e. The second-order valence-electron chi connectivity index (χ2n) is 4.79. The summed E-state index contributed by atoms with van der Waals surface area (Å²) in [4.78, 5) is 24.5. The van der Waals surface area contributed by atoms with Crippen LogP contribution in [0.2, 0.25) is 0 Å². The van der Waals surface area contributed by atoms with Crippen molar-refractivity contribution < 1.29 is 19.4 Å². The molecular formula is C15H21NO4. The highest BCUT2D eigenvalue weighted by atomic mass is 16.5. The van der Waals surface area contributed by atoms with Gasteiger partial charge < -0.3 is 14.7 Å². The highest BCUT2D eigenvalue weighted by Crippen LogP contribution is 2.15. The highest BCUT2D eigenvalue weighted by Gasteiger charge is 2.28. The van der Waals surface area contributed by atoms with Gasteiger partial charge in [-0.1, -0.05) is 19.1 Å². The van der Waals surface area contributed by atoms with Gasteiger partial charge in [0.15, 0.2) is 6.10 Å². The average Bonchev–Trinajstić information content (AvgIpc) is 2.38. The van der Waals surface area contributed by atoms with Gasteiger partial charge >= 0.3 is 5.97 Å². The number of likely N-dealkylation sites (N-methyl/N-ethyl adjacent to an activating group) is 1. The molecule has 0 fully saturated rings. The number of ether oxygens (including phenoxy) is 1. The first-order valence-electron chi connectivity index (χ1n) is 6.59. The quantitative estimate of drug-likeness (QED) is 0.865. The first-order valence-corrected chi connectivity index (χ1v) is 6.59. The largest absolute Gasteiger partial charge is 0.481 e. The van der Waals surface area contributed by atoms with Crippen molar-refractivity contribution in [1.82, 2.24) is 4.90 Å². The van der Waals surface area contributed by atoms with Crippen molar-refractivity contribution in [3.8, 4) is 5.75 Å². The van der Waals surface area contributed by atoms with Crippen LogP contribution in [-0.2, 0) is 9.59 Å². The van der Waals surface area contributed by atoms with Crippen molar-refractivity contribution in [3.63, 3.8) is 0 Å². The van der Waals surface area contributed by atoms with Crippen LogP contribution in [-0.4, -0.2) is 41.1 Å². The molecule has 0 saturated heterocycles. The van der Waals surface area contributed by atoms with Crippen LogP contribution >= 0.6 is 0 Å². The molecular weight excluding hydrogens is 258 g/mol. The molecule has 1 N–H and O–H groups in total. The Morgan fingerprint density at radius 1 is 1.40 bits per heavy atom. The predicted molar refractivity (Wildman–Crippen MR) is 75.8 cm³/mol. The van der Waals surface area contributed by atoms with E-state index >= 15 is 0 Å². The normalized spacial score (nSPS) is 13.4. The number of carboxylic acids is 1. The number of carbonyl (C=O) groups is 2. The second-order valence-corrected chi connectivity index (χ2v) is 4.79. The van der Waals surface area contributed by atoms with E-state index in [0.717, 1.165) is 5.56 Å². The molecule has 110 valence electrons. The molecule has 1 aromatic carbocycles. The fraction of sp³-hybridized carbons (Fsp3) is 0.467. The number of carboxylic acid groups (broad SMARTS) is 1. The zero-order chi connectivity index (χ0) is 15.3. The zero-order valence-electron chi connectivity index (χ0n) is 12.3. The summed E-state index contributed by atoms with van der Waals surface area (Å²) in [5.74, 6) is -0.755. The molecule has 1 amide bonds. The summed E-state index contributed by atoms with van der Waals surface area (Å²) in [5, 5.41) is 9.07. The third-order valence-electron chi connectivity index (χ3n) is 3.14. The van der Waals surface area contributed by atoms with E-state index in [-0.39, 0.29) is 5.91 Å². The highest BCUT2D eigenvalue weighted by molar-refractivity contribution is 5.86. The van der Waals surface area contributed by atoms with E-state index < -0.39 is 18.1 Å². The minimum atomic E-state index is -1.01. The van der Waals surface area contributed by atoms with Gasteiger partial charge in [-0.2, -0.15) is 0 Å². The van der Waals surface area contributed by atoms with Crippen LogP contribution in [0.15, 0.2) is 24.3 Å². The van der Waals surface area contributed by atoms with Crippen molar-refractivity contribution in [2.45, 2.75) is 39.3 Å². The first kappa shape index (κ1) is 16.0. The molecule has 0 spiro atoms. The van der Waals surface area contributed by atoms with Gasteiger partial charge in [-0.25, -0.2) is 4.79 Å². The molecule has 0 heterocycles. The molecule has 0 radical (unpaired) electrons. The minimum Gasteiger partial charge on any atom is -0.481 e. The van der Waals surface area contributed by atoms with E-state index in [0.29, 0.717) is 12.2 Å². The van der Waals surface area contributed by atoms with Crippen molar-refractivity contribution in [1.29, 1.82) is 0 Å². The third kappa shape index (κ3) is 3.98. The lowest BCUT2D eigenvalue weighted by Crippen LogP contribution is -2.47. The number of carbonyl (C=O) groups excluding carboxylic acids is 1. The Morgan fingerprint density at radius 2 is 2.05 bits per heavy atom. The number of nitrogens with zero attached hydrogens (tertiary/aromatic N) is 1. The number of hydrogen-bond acceptors (Lipinski definition) is 3. The van der Waals surface area contributed by atoms with Crippen molar-refractivity contribution >= 4 is 11.9 Å². The molecule has 20 heavy (non-hydrogen) atoms. The van der Waals surface area contributed by atoms with E-state index in [9.17, 15) is 9.59 Å². The average molecular weight is 279 g/mol. The Labute approximate surface area is 119 Å². The van der Waals surface area contributed by atoms with Gasteiger partial charge in [0.25, 0.3) is 5.91 Å². The summed E-state index contributed by atoms with van der Waals surface area (Å²) in [6, 6.07) is 6.55. The van der Waals surface area contributed by atoms with Crippen molar-refractivity contribution in [2.24, 2.45) is 0 Å². The summed E-state index contributed by atoms with van der Waals surface area (Å²) in [6.45, 7) is 5.29. The van der Waals surface area contributed by atoms with Gasteiger partial charge in [-0.15, -0.1) is 0 Å². The molecule has 0 aliphatic rings. The number of amides is 1. The monoisotopic (exact) mass is 279 g/mol. The lowest BCUT2D eigenvalue weighted by Gasteiger charge is -2.26. The van der Waals surface area contributed by atoms with E-state index in [4.69, 9.17) is 9.84 Å². The van der Waals surface area contributed by atoms with Crippen LogP contribution in [0, 0.1) is 6.92 Å². The molecule has 1 aromatic rings. The topological polar surface area (TPSA) is 66.8 Å². The second kappa shape index (κ2) is 6.93. The van der Waals surface area contributed by atoms with Crippen LogP contribution in [0.4, 0.5) is 0 Å². The fourth-order valence-corrected chi connectivity index (χ4v) is 2.00. The standard InChI is InChI=1S/C15H21NO4/c1-5-13(15(18)19)16(4)14(17)11(3)20-12-8-6-7-10(2)9-12/h6-9,11,13H,5H2,1-4H3,(H,18,19). The number of rotatable bonds is 6. The summed E-state index contributed by atoms with van der Waals surface area (Å²) >= 11 is 0. The molecule has 2 atom stereocenters.